The van der Waals surface area contributed by atoms with Gasteiger partial charge in [-0.2, -0.15) is 0 Å². The first-order valence-electron chi connectivity index (χ1n) is 9.50. The third kappa shape index (κ3) is 3.36. The molecule has 0 aromatic heterocycles. The van der Waals surface area contributed by atoms with E-state index in [2.05, 4.69) is 5.32 Å². The molecule has 4 rings (SSSR count). The van der Waals surface area contributed by atoms with Crippen LogP contribution in [0.15, 0.2) is 54.6 Å². The highest BCUT2D eigenvalue weighted by atomic mass is 16.4. The van der Waals surface area contributed by atoms with Crippen molar-refractivity contribution in [3.05, 3.63) is 60.2 Å². The Kier molecular flexibility index (Phi) is 4.82. The third-order valence-electron chi connectivity index (χ3n) is 5.54. The predicted molar refractivity (Wildman–Crippen MR) is 107 cm³/mol. The van der Waals surface area contributed by atoms with E-state index >= 15 is 0 Å². The zero-order chi connectivity index (χ0) is 19.7. The molecule has 0 heterocycles. The summed E-state index contributed by atoms with van der Waals surface area (Å²) in [5, 5.41) is 15.8. The van der Waals surface area contributed by atoms with Crippen LogP contribution in [0.2, 0.25) is 0 Å². The van der Waals surface area contributed by atoms with E-state index in [-0.39, 0.29) is 18.1 Å². The second kappa shape index (κ2) is 7.43. The van der Waals surface area contributed by atoms with Gasteiger partial charge in [-0.1, -0.05) is 48.5 Å². The van der Waals surface area contributed by atoms with Crippen LogP contribution in [-0.2, 0) is 9.59 Å². The molecule has 142 valence electrons. The Hall–Kier alpha value is -3.21. The summed E-state index contributed by atoms with van der Waals surface area (Å²) >= 11 is 0. The number of benzene rings is 3. The molecule has 1 aliphatic carbocycles. The van der Waals surface area contributed by atoms with E-state index in [1.807, 2.05) is 54.6 Å². The van der Waals surface area contributed by atoms with Gasteiger partial charge >= 0.3 is 5.97 Å². The number of aliphatic carboxylic acids is 1. The number of carbonyl (C=O) groups is 3. The number of ketones is 1. The van der Waals surface area contributed by atoms with Crippen molar-refractivity contribution in [3.8, 4) is 0 Å². The molecule has 0 aliphatic heterocycles. The van der Waals surface area contributed by atoms with Gasteiger partial charge in [0.05, 0.1) is 5.56 Å². The van der Waals surface area contributed by atoms with Crippen molar-refractivity contribution < 1.29 is 19.5 Å². The Morgan fingerprint density at radius 1 is 1.00 bits per heavy atom. The van der Waals surface area contributed by atoms with Crippen LogP contribution in [0, 0.1) is 5.92 Å². The lowest BCUT2D eigenvalue weighted by Gasteiger charge is -2.27. The number of fused-ring (bicyclic) bond motifs is 2. The summed E-state index contributed by atoms with van der Waals surface area (Å²) in [7, 11) is 0. The molecule has 5 nitrogen and oxygen atoms in total. The van der Waals surface area contributed by atoms with Gasteiger partial charge in [-0.25, -0.2) is 4.79 Å². The van der Waals surface area contributed by atoms with Crippen molar-refractivity contribution in [2.75, 3.05) is 0 Å². The van der Waals surface area contributed by atoms with Crippen LogP contribution in [0.4, 0.5) is 0 Å². The van der Waals surface area contributed by atoms with E-state index in [1.165, 1.54) is 0 Å². The Morgan fingerprint density at radius 2 is 1.61 bits per heavy atom. The molecule has 28 heavy (non-hydrogen) atoms. The molecule has 5 heteroatoms. The number of rotatable bonds is 4. The van der Waals surface area contributed by atoms with Gasteiger partial charge < -0.3 is 10.4 Å². The van der Waals surface area contributed by atoms with Crippen LogP contribution in [0.3, 0.4) is 0 Å². The summed E-state index contributed by atoms with van der Waals surface area (Å²) in [6.07, 6.45) is 1.98. The highest BCUT2D eigenvalue weighted by molar-refractivity contribution is 6.18. The van der Waals surface area contributed by atoms with Gasteiger partial charge in [0.1, 0.15) is 11.8 Å². The highest BCUT2D eigenvalue weighted by Crippen LogP contribution is 2.30. The first-order valence-corrected chi connectivity index (χ1v) is 9.50. The van der Waals surface area contributed by atoms with Crippen LogP contribution >= 0.6 is 0 Å². The zero-order valence-electron chi connectivity index (χ0n) is 15.4. The Bertz CT molecular complexity index is 1030. The predicted octanol–water partition coefficient (Wildman–Crippen LogP) is 3.94. The van der Waals surface area contributed by atoms with Crippen molar-refractivity contribution in [2.45, 2.75) is 31.7 Å². The molecule has 0 unspecified atom stereocenters. The van der Waals surface area contributed by atoms with Gasteiger partial charge in [-0.15, -0.1) is 0 Å². The van der Waals surface area contributed by atoms with Crippen LogP contribution in [0.1, 0.15) is 36.0 Å². The van der Waals surface area contributed by atoms with Gasteiger partial charge in [0.25, 0.3) is 5.91 Å². The van der Waals surface area contributed by atoms with Crippen LogP contribution in [0.5, 0.6) is 0 Å². The standard InChI is InChI=1S/C23H21NO4/c25-17-9-5-8-16(13-17)21(23(27)28)24-22(26)20-18-10-3-1-6-14(18)12-15-7-2-4-11-19(15)20/h1-4,6-7,10-12,16,21H,5,8-9,13H2,(H,24,26)(H,27,28)/t16-,21+/m1/s1. The lowest BCUT2D eigenvalue weighted by atomic mass is 9.83. The Labute approximate surface area is 162 Å². The average molecular weight is 375 g/mol. The van der Waals surface area contributed by atoms with Gasteiger partial charge in [0.2, 0.25) is 0 Å². The van der Waals surface area contributed by atoms with Crippen molar-refractivity contribution in [1.82, 2.24) is 5.32 Å². The smallest absolute Gasteiger partial charge is 0.326 e. The van der Waals surface area contributed by atoms with Gasteiger partial charge in [0, 0.05) is 12.8 Å². The largest absolute Gasteiger partial charge is 0.480 e. The molecule has 0 bridgehead atoms. The van der Waals surface area contributed by atoms with E-state index in [0.29, 0.717) is 24.8 Å². The van der Waals surface area contributed by atoms with E-state index in [0.717, 1.165) is 21.5 Å². The minimum Gasteiger partial charge on any atom is -0.480 e. The third-order valence-corrected chi connectivity index (χ3v) is 5.54. The topological polar surface area (TPSA) is 83.5 Å². The second-order valence-electron chi connectivity index (χ2n) is 7.38. The number of Topliss-reactive ketones (excluding diaryl/α,β-unsaturated/α-hetero) is 1. The second-order valence-corrected chi connectivity index (χ2v) is 7.38. The SMILES string of the molecule is O=C1CCC[C@@H]([C@H](NC(=O)c2c3ccccc3cc3ccccc23)C(=O)O)C1. The maximum atomic E-state index is 13.3. The fourth-order valence-corrected chi connectivity index (χ4v) is 4.20. The molecule has 2 atom stereocenters. The number of nitrogens with one attached hydrogen (secondary N) is 1. The van der Waals surface area contributed by atoms with Crippen molar-refractivity contribution in [2.24, 2.45) is 5.92 Å². The summed E-state index contributed by atoms with van der Waals surface area (Å²) in [6.45, 7) is 0. The zero-order valence-corrected chi connectivity index (χ0v) is 15.4. The molecular weight excluding hydrogens is 354 g/mol. The van der Waals surface area contributed by atoms with E-state index in [4.69, 9.17) is 0 Å². The molecule has 0 radical (unpaired) electrons. The van der Waals surface area contributed by atoms with Crippen LogP contribution in [0.25, 0.3) is 21.5 Å². The monoisotopic (exact) mass is 375 g/mol. The minimum atomic E-state index is -1.10. The minimum absolute atomic E-state index is 0.0624. The molecule has 1 saturated carbocycles. The molecule has 2 N–H and O–H groups in total. The number of amides is 1. The maximum Gasteiger partial charge on any atom is 0.326 e. The molecule has 1 aliphatic rings. The highest BCUT2D eigenvalue weighted by Gasteiger charge is 2.34. The fraction of sp³-hybridized carbons (Fsp3) is 0.261. The molecule has 0 saturated heterocycles. The number of hydrogen-bond acceptors (Lipinski definition) is 3. The summed E-state index contributed by atoms with van der Waals surface area (Å²) in [5.74, 6) is -1.83. The van der Waals surface area contributed by atoms with Crippen molar-refractivity contribution in [1.29, 1.82) is 0 Å². The lowest BCUT2D eigenvalue weighted by Crippen LogP contribution is -2.47. The molecular formula is C23H21NO4. The number of carboxylic acids is 1. The number of carboxylic acid groups (broad SMARTS) is 1. The molecule has 3 aromatic carbocycles. The fourth-order valence-electron chi connectivity index (χ4n) is 4.20. The Morgan fingerprint density at radius 3 is 2.18 bits per heavy atom. The van der Waals surface area contributed by atoms with E-state index < -0.39 is 17.9 Å². The number of hydrogen-bond donors (Lipinski definition) is 2. The summed E-state index contributed by atoms with van der Waals surface area (Å²) < 4.78 is 0. The maximum absolute atomic E-state index is 13.3. The summed E-state index contributed by atoms with van der Waals surface area (Å²) in [6, 6.07) is 16.1. The lowest BCUT2D eigenvalue weighted by molar-refractivity contribution is -0.141. The molecule has 1 amide bonds. The van der Waals surface area contributed by atoms with Crippen LogP contribution < -0.4 is 5.32 Å². The van der Waals surface area contributed by atoms with Crippen molar-refractivity contribution >= 4 is 39.2 Å². The average Bonchev–Trinajstić information content (AvgIpc) is 2.69. The normalized spacial score (nSPS) is 18.1. The molecule has 1 fully saturated rings. The summed E-state index contributed by atoms with van der Waals surface area (Å²) in [5.41, 5.74) is 0.474. The van der Waals surface area contributed by atoms with Crippen molar-refractivity contribution in [3.63, 3.8) is 0 Å². The van der Waals surface area contributed by atoms with Gasteiger partial charge in [-0.3, -0.25) is 9.59 Å². The van der Waals surface area contributed by atoms with Crippen LogP contribution in [-0.4, -0.2) is 28.8 Å². The van der Waals surface area contributed by atoms with Gasteiger partial charge in [0.15, 0.2) is 0 Å². The van der Waals surface area contributed by atoms with E-state index in [9.17, 15) is 19.5 Å². The first-order chi connectivity index (χ1) is 13.5. The Balaban J connectivity index is 1.76. The summed E-state index contributed by atoms with van der Waals surface area (Å²) in [4.78, 5) is 36.9. The number of carbonyl (C=O) groups excluding carboxylic acids is 2. The first kappa shape index (κ1) is 18.2. The molecule has 0 spiro atoms. The quantitative estimate of drug-likeness (QED) is 0.677. The van der Waals surface area contributed by atoms with Gasteiger partial charge in [-0.05, 0) is 46.4 Å². The molecule has 3 aromatic rings. The van der Waals surface area contributed by atoms with E-state index in [1.54, 1.807) is 0 Å².